The number of benzene rings is 4. The number of likely N-dealkylation sites (tertiary alicyclic amines) is 1. The maximum atomic E-state index is 11.5. The van der Waals surface area contributed by atoms with E-state index < -0.39 is 5.60 Å². The monoisotopic (exact) mass is 829 g/mol. The van der Waals surface area contributed by atoms with Crippen LogP contribution < -0.4 is 9.80 Å². The molecular weight excluding hydrogens is 775 g/mol. The second-order valence-electron chi connectivity index (χ2n) is 18.8. The molecule has 10 heteroatoms. The molecule has 3 saturated heterocycles. The van der Waals surface area contributed by atoms with Crippen LogP contribution in [0.3, 0.4) is 0 Å². The van der Waals surface area contributed by atoms with Crippen molar-refractivity contribution >= 4 is 28.4 Å². The van der Waals surface area contributed by atoms with Gasteiger partial charge in [-0.3, -0.25) is 9.56 Å². The van der Waals surface area contributed by atoms with E-state index in [4.69, 9.17) is 4.99 Å². The molecule has 0 bridgehead atoms. The minimum absolute atomic E-state index is 0.103. The highest BCUT2D eigenvalue weighted by atomic mass is 32.1. The van der Waals surface area contributed by atoms with E-state index in [1.807, 2.05) is 19.1 Å². The molecule has 3 atom stereocenters. The van der Waals surface area contributed by atoms with E-state index in [-0.39, 0.29) is 12.0 Å². The number of fused-ring (bicyclic) bond motifs is 4. The Hall–Kier alpha value is -5.29. The van der Waals surface area contributed by atoms with Crippen molar-refractivity contribution in [3.05, 3.63) is 153 Å². The summed E-state index contributed by atoms with van der Waals surface area (Å²) < 4.78 is 2.19. The Morgan fingerprint density at radius 2 is 1.51 bits per heavy atom. The van der Waals surface area contributed by atoms with E-state index in [1.54, 1.807) is 11.3 Å². The molecule has 4 aliphatic heterocycles. The third kappa shape index (κ3) is 6.87. The normalized spacial score (nSPS) is 22.3. The van der Waals surface area contributed by atoms with Crippen LogP contribution in [0.1, 0.15) is 93.1 Å². The van der Waals surface area contributed by atoms with E-state index in [2.05, 4.69) is 135 Å². The number of aromatic hydroxyl groups is 1. The summed E-state index contributed by atoms with van der Waals surface area (Å²) in [6.07, 6.45) is 2.93. The lowest BCUT2D eigenvalue weighted by atomic mass is 9.69. The van der Waals surface area contributed by atoms with Gasteiger partial charge in [0.25, 0.3) is 0 Å². The molecule has 1 aliphatic carbocycles. The van der Waals surface area contributed by atoms with Gasteiger partial charge in [0.2, 0.25) is 0 Å². The molecule has 2 aromatic heterocycles. The highest BCUT2D eigenvalue weighted by Crippen LogP contribution is 2.48. The zero-order chi connectivity index (χ0) is 41.6. The van der Waals surface area contributed by atoms with Crippen LogP contribution in [0.15, 0.2) is 102 Å². The molecule has 2 N–H and O–H groups in total. The van der Waals surface area contributed by atoms with Crippen molar-refractivity contribution in [2.24, 2.45) is 16.8 Å². The standard InChI is InChI=1S/C51H55N7O2S/c1-31-33(3)61-50-46(31)48(52-32(2)49-54-53-34(4)58(49)50)39-12-17-42(18-13-39)57-29-51(60,30-57)23-35-24-55(25-35)26-36-27-56(28-36)41-15-10-38(11-16-41)47-44(37-8-6-5-7-9-37)20-14-40-22-43(59)19-21-45(40)47/h5-13,15-19,21-22,32,35-36,44,47,59-60H,14,20,23-30H2,1-4H3/t32-,44+,47-/m0/s1. The summed E-state index contributed by atoms with van der Waals surface area (Å²) in [6, 6.07) is 34.9. The molecule has 9 nitrogen and oxygen atoms in total. The van der Waals surface area contributed by atoms with Gasteiger partial charge >= 0.3 is 0 Å². The van der Waals surface area contributed by atoms with Gasteiger partial charge in [-0.05, 0) is 123 Å². The fourth-order valence-corrected chi connectivity index (χ4v) is 12.4. The average Bonchev–Trinajstić information content (AvgIpc) is 3.72. The lowest BCUT2D eigenvalue weighted by Gasteiger charge is -2.53. The molecule has 6 aromatic rings. The van der Waals surface area contributed by atoms with Crippen molar-refractivity contribution in [1.29, 1.82) is 0 Å². The number of phenols is 1. The second-order valence-corrected chi connectivity index (χ2v) is 20.0. The number of aryl methyl sites for hydroxylation is 3. The predicted molar refractivity (Wildman–Crippen MR) is 245 cm³/mol. The second kappa shape index (κ2) is 15.0. The number of aliphatic hydroxyl groups is 1. The lowest BCUT2D eigenvalue weighted by Crippen LogP contribution is -2.65. The molecular formula is C51H55N7O2S. The van der Waals surface area contributed by atoms with Crippen LogP contribution >= 0.6 is 11.3 Å². The summed E-state index contributed by atoms with van der Waals surface area (Å²) in [7, 11) is 0. The zero-order valence-electron chi connectivity index (χ0n) is 35.6. The first kappa shape index (κ1) is 38.6. The maximum Gasteiger partial charge on any atom is 0.162 e. The highest BCUT2D eigenvalue weighted by Gasteiger charge is 2.45. The number of β-amino-alcohol motifs (C(OH)–C–C–N with tert-alkyl or cyclic N) is 1. The van der Waals surface area contributed by atoms with Gasteiger partial charge in [0, 0.05) is 85.0 Å². The van der Waals surface area contributed by atoms with Crippen LogP contribution in [0, 0.1) is 32.6 Å². The van der Waals surface area contributed by atoms with Gasteiger partial charge in [0.05, 0.1) is 11.3 Å². The number of rotatable bonds is 9. The van der Waals surface area contributed by atoms with Crippen molar-refractivity contribution in [2.75, 3.05) is 55.6 Å². The van der Waals surface area contributed by atoms with E-state index in [1.165, 1.54) is 43.9 Å². The Bertz CT molecular complexity index is 2620. The number of phenolic OH excluding ortho intramolecular Hbond substituents is 1. The minimum Gasteiger partial charge on any atom is -0.508 e. The number of aromatic nitrogens is 3. The van der Waals surface area contributed by atoms with Crippen LogP contribution in [0.2, 0.25) is 0 Å². The van der Waals surface area contributed by atoms with Gasteiger partial charge in [-0.2, -0.15) is 0 Å². The number of thiophene rings is 1. The molecule has 0 unspecified atom stereocenters. The molecule has 312 valence electrons. The van der Waals surface area contributed by atoms with Crippen molar-refractivity contribution in [3.63, 3.8) is 0 Å². The van der Waals surface area contributed by atoms with Gasteiger partial charge in [-0.15, -0.1) is 21.5 Å². The molecule has 0 spiro atoms. The lowest BCUT2D eigenvalue weighted by molar-refractivity contribution is -0.0424. The highest BCUT2D eigenvalue weighted by molar-refractivity contribution is 7.15. The van der Waals surface area contributed by atoms with Gasteiger partial charge in [-0.1, -0.05) is 60.7 Å². The summed E-state index contributed by atoms with van der Waals surface area (Å²) in [4.78, 5) is 13.9. The first-order valence-corrected chi connectivity index (χ1v) is 23.0. The van der Waals surface area contributed by atoms with Crippen LogP contribution in [0.25, 0.3) is 5.00 Å². The smallest absolute Gasteiger partial charge is 0.162 e. The Kier molecular flexibility index (Phi) is 9.47. The van der Waals surface area contributed by atoms with Crippen molar-refractivity contribution in [1.82, 2.24) is 19.7 Å². The van der Waals surface area contributed by atoms with Crippen LogP contribution in [-0.2, 0) is 6.42 Å². The first-order chi connectivity index (χ1) is 29.6. The van der Waals surface area contributed by atoms with Gasteiger partial charge < -0.3 is 24.9 Å². The topological polar surface area (TPSA) is 93.2 Å². The summed E-state index contributed by atoms with van der Waals surface area (Å²) >= 11 is 1.79. The zero-order valence-corrected chi connectivity index (χ0v) is 36.4. The summed E-state index contributed by atoms with van der Waals surface area (Å²) in [5.41, 5.74) is 11.8. The predicted octanol–water partition coefficient (Wildman–Crippen LogP) is 8.74. The molecule has 11 rings (SSSR count). The van der Waals surface area contributed by atoms with Crippen molar-refractivity contribution in [2.45, 2.75) is 70.4 Å². The Morgan fingerprint density at radius 1 is 0.787 bits per heavy atom. The number of anilines is 2. The first-order valence-electron chi connectivity index (χ1n) is 22.2. The average molecular weight is 830 g/mol. The third-order valence-electron chi connectivity index (χ3n) is 14.4. The molecule has 0 amide bonds. The number of hydrogen-bond donors (Lipinski definition) is 2. The quantitative estimate of drug-likeness (QED) is 0.151. The van der Waals surface area contributed by atoms with Gasteiger partial charge in [0.15, 0.2) is 5.82 Å². The van der Waals surface area contributed by atoms with Crippen molar-refractivity contribution < 1.29 is 10.2 Å². The Labute approximate surface area is 363 Å². The van der Waals surface area contributed by atoms with Crippen molar-refractivity contribution in [3.8, 4) is 10.8 Å². The minimum atomic E-state index is -0.620. The van der Waals surface area contributed by atoms with E-state index in [0.29, 0.717) is 36.6 Å². The van der Waals surface area contributed by atoms with Gasteiger partial charge in [-0.25, -0.2) is 0 Å². The molecule has 3 fully saturated rings. The van der Waals surface area contributed by atoms with Crippen LogP contribution in [-0.4, -0.2) is 87.0 Å². The number of aliphatic imine (C=N–C) groups is 1. The number of nitrogens with zero attached hydrogens (tertiary/aromatic N) is 7. The third-order valence-corrected chi connectivity index (χ3v) is 15.6. The largest absolute Gasteiger partial charge is 0.508 e. The molecule has 61 heavy (non-hydrogen) atoms. The van der Waals surface area contributed by atoms with E-state index >= 15 is 0 Å². The fourth-order valence-electron chi connectivity index (χ4n) is 11.2. The summed E-state index contributed by atoms with van der Waals surface area (Å²) in [5.74, 6) is 4.06. The SMILES string of the molecule is Cc1sc2c(c1C)C(c1ccc(N3CC(O)(CC4CN(CC5CN(c6ccc([C@@H]7c8ccc(O)cc8CC[C@@H]7c7ccccc7)cc6)C5)C4)C3)cc1)=N[C@@H](C)c1nnc(C)n1-2. The van der Waals surface area contributed by atoms with E-state index in [9.17, 15) is 10.2 Å². The van der Waals surface area contributed by atoms with Crippen LogP contribution in [0.5, 0.6) is 5.75 Å². The Morgan fingerprint density at radius 3 is 2.26 bits per heavy atom. The molecule has 0 saturated carbocycles. The maximum absolute atomic E-state index is 11.5. The summed E-state index contributed by atoms with van der Waals surface area (Å²) in [6.45, 7) is 15.4. The fraction of sp³-hybridized carbons (Fsp3) is 0.392. The molecule has 0 radical (unpaired) electrons. The number of hydrogen-bond acceptors (Lipinski definition) is 9. The van der Waals surface area contributed by atoms with E-state index in [0.717, 1.165) is 85.6 Å². The molecule has 4 aromatic carbocycles. The molecule has 5 aliphatic rings. The Balaban J connectivity index is 0.664. The molecule has 6 heterocycles. The van der Waals surface area contributed by atoms with Gasteiger partial charge in [0.1, 0.15) is 22.6 Å². The van der Waals surface area contributed by atoms with Crippen LogP contribution in [0.4, 0.5) is 11.4 Å². The summed E-state index contributed by atoms with van der Waals surface area (Å²) in [5, 5.41) is 31.8.